The van der Waals surface area contributed by atoms with Crippen LogP contribution >= 0.6 is 0 Å². The van der Waals surface area contributed by atoms with Gasteiger partial charge in [0.05, 0.1) is 0 Å². The maximum atomic E-state index is 11.9. The molecule has 0 aliphatic carbocycles. The summed E-state index contributed by atoms with van der Waals surface area (Å²) in [6.45, 7) is 5.65. The van der Waals surface area contributed by atoms with Crippen molar-refractivity contribution in [1.29, 1.82) is 0 Å². The fourth-order valence-electron chi connectivity index (χ4n) is 1.80. The molecule has 1 unspecified atom stereocenters. The van der Waals surface area contributed by atoms with Gasteiger partial charge in [0.1, 0.15) is 6.10 Å². The Morgan fingerprint density at radius 1 is 1.56 bits per heavy atom. The summed E-state index contributed by atoms with van der Waals surface area (Å²) in [5.41, 5.74) is 5.95. The molecular weight excluding hydrogens is 204 g/mol. The number of hydrogen-bond acceptors (Lipinski definition) is 3. The van der Waals surface area contributed by atoms with Gasteiger partial charge in [0.15, 0.2) is 0 Å². The van der Waals surface area contributed by atoms with Gasteiger partial charge < -0.3 is 15.4 Å². The minimum atomic E-state index is -0.208. The monoisotopic (exact) mass is 228 g/mol. The SMILES string of the molecule is CC(C)C(N)CCN(C)C(=O)[C@@H]1CCCO1. The fraction of sp³-hybridized carbons (Fsp3) is 0.917. The van der Waals surface area contributed by atoms with Gasteiger partial charge >= 0.3 is 0 Å². The molecule has 94 valence electrons. The molecule has 1 aliphatic rings. The second-order valence-corrected chi connectivity index (χ2v) is 4.96. The fourth-order valence-corrected chi connectivity index (χ4v) is 1.80. The lowest BCUT2D eigenvalue weighted by Crippen LogP contribution is -2.39. The number of nitrogens with zero attached hydrogens (tertiary/aromatic N) is 1. The van der Waals surface area contributed by atoms with Gasteiger partial charge in [-0.1, -0.05) is 13.8 Å². The highest BCUT2D eigenvalue weighted by atomic mass is 16.5. The van der Waals surface area contributed by atoms with E-state index in [1.54, 1.807) is 4.90 Å². The predicted octanol–water partition coefficient (Wildman–Crippen LogP) is 0.997. The number of nitrogens with two attached hydrogens (primary N) is 1. The summed E-state index contributed by atoms with van der Waals surface area (Å²) in [7, 11) is 1.83. The van der Waals surface area contributed by atoms with Gasteiger partial charge in [0.25, 0.3) is 5.91 Å². The van der Waals surface area contributed by atoms with Crippen molar-refractivity contribution >= 4 is 5.91 Å². The normalized spacial score (nSPS) is 22.4. The minimum absolute atomic E-state index is 0.105. The van der Waals surface area contributed by atoms with E-state index in [4.69, 9.17) is 10.5 Å². The zero-order valence-corrected chi connectivity index (χ0v) is 10.6. The molecular formula is C12H24N2O2. The first kappa shape index (κ1) is 13.5. The Balaban J connectivity index is 2.28. The molecule has 0 aromatic heterocycles. The van der Waals surface area contributed by atoms with Crippen molar-refractivity contribution in [2.75, 3.05) is 20.2 Å². The van der Waals surface area contributed by atoms with Gasteiger partial charge in [-0.15, -0.1) is 0 Å². The van der Waals surface area contributed by atoms with Crippen LogP contribution in [-0.4, -0.2) is 43.2 Å². The Bertz CT molecular complexity index is 225. The third kappa shape index (κ3) is 3.76. The van der Waals surface area contributed by atoms with E-state index in [1.165, 1.54) is 0 Å². The zero-order valence-electron chi connectivity index (χ0n) is 10.6. The lowest BCUT2D eigenvalue weighted by Gasteiger charge is -2.23. The third-order valence-electron chi connectivity index (χ3n) is 3.24. The van der Waals surface area contributed by atoms with Crippen LogP contribution in [0, 0.1) is 5.92 Å². The Labute approximate surface area is 98.1 Å². The summed E-state index contributed by atoms with van der Waals surface area (Å²) in [4.78, 5) is 13.6. The molecule has 0 spiro atoms. The lowest BCUT2D eigenvalue weighted by atomic mass is 10.0. The van der Waals surface area contributed by atoms with Gasteiger partial charge in [-0.3, -0.25) is 4.79 Å². The zero-order chi connectivity index (χ0) is 12.1. The average Bonchev–Trinajstić information content (AvgIpc) is 2.77. The van der Waals surface area contributed by atoms with Gasteiger partial charge in [0, 0.05) is 26.2 Å². The van der Waals surface area contributed by atoms with Gasteiger partial charge in [-0.2, -0.15) is 0 Å². The Morgan fingerprint density at radius 2 is 2.25 bits per heavy atom. The van der Waals surface area contributed by atoms with E-state index in [-0.39, 0.29) is 18.1 Å². The molecule has 0 radical (unpaired) electrons. The van der Waals surface area contributed by atoms with Crippen LogP contribution in [0.2, 0.25) is 0 Å². The number of likely N-dealkylation sites (N-methyl/N-ethyl adjacent to an activating group) is 1. The Kier molecular flexibility index (Phi) is 5.22. The second-order valence-electron chi connectivity index (χ2n) is 4.96. The molecule has 0 saturated carbocycles. The molecule has 16 heavy (non-hydrogen) atoms. The highest BCUT2D eigenvalue weighted by Crippen LogP contribution is 2.14. The minimum Gasteiger partial charge on any atom is -0.368 e. The topological polar surface area (TPSA) is 55.6 Å². The molecule has 4 heteroatoms. The lowest BCUT2D eigenvalue weighted by molar-refractivity contribution is -0.139. The smallest absolute Gasteiger partial charge is 0.251 e. The summed E-state index contributed by atoms with van der Waals surface area (Å²) in [6, 6.07) is 0.166. The quantitative estimate of drug-likeness (QED) is 0.763. The summed E-state index contributed by atoms with van der Waals surface area (Å²) < 4.78 is 5.37. The maximum absolute atomic E-state index is 11.9. The van der Waals surface area contributed by atoms with Gasteiger partial charge in [-0.25, -0.2) is 0 Å². The molecule has 0 aromatic carbocycles. The van der Waals surface area contributed by atoms with Crippen LogP contribution in [0.25, 0.3) is 0 Å². The van der Waals surface area contributed by atoms with Crippen molar-refractivity contribution in [1.82, 2.24) is 4.90 Å². The van der Waals surface area contributed by atoms with Gasteiger partial charge in [-0.05, 0) is 25.2 Å². The van der Waals surface area contributed by atoms with Crippen LogP contribution in [0.5, 0.6) is 0 Å². The van der Waals surface area contributed by atoms with E-state index in [2.05, 4.69) is 13.8 Å². The number of hydrogen-bond donors (Lipinski definition) is 1. The van der Waals surface area contributed by atoms with Crippen LogP contribution < -0.4 is 5.73 Å². The molecule has 1 saturated heterocycles. The molecule has 1 aliphatic heterocycles. The van der Waals surface area contributed by atoms with Gasteiger partial charge in [0.2, 0.25) is 0 Å². The van der Waals surface area contributed by atoms with Crippen LogP contribution in [-0.2, 0) is 9.53 Å². The number of carbonyl (C=O) groups excluding carboxylic acids is 1. The molecule has 0 aromatic rings. The van der Waals surface area contributed by atoms with Crippen molar-refractivity contribution in [3.8, 4) is 0 Å². The van der Waals surface area contributed by atoms with Crippen LogP contribution in [0.15, 0.2) is 0 Å². The molecule has 1 rings (SSSR count). The van der Waals surface area contributed by atoms with Crippen molar-refractivity contribution in [3.63, 3.8) is 0 Å². The maximum Gasteiger partial charge on any atom is 0.251 e. The largest absolute Gasteiger partial charge is 0.368 e. The molecule has 4 nitrogen and oxygen atoms in total. The molecule has 2 N–H and O–H groups in total. The summed E-state index contributed by atoms with van der Waals surface area (Å²) in [6.07, 6.45) is 2.50. The van der Waals surface area contributed by atoms with Crippen molar-refractivity contribution < 1.29 is 9.53 Å². The first-order chi connectivity index (χ1) is 7.52. The van der Waals surface area contributed by atoms with E-state index in [0.717, 1.165) is 32.4 Å². The molecule has 0 bridgehead atoms. The van der Waals surface area contributed by atoms with E-state index in [0.29, 0.717) is 5.92 Å². The summed E-state index contributed by atoms with van der Waals surface area (Å²) in [5.74, 6) is 0.569. The first-order valence-corrected chi connectivity index (χ1v) is 6.14. The van der Waals surface area contributed by atoms with Crippen LogP contribution in [0.4, 0.5) is 0 Å². The van der Waals surface area contributed by atoms with E-state index < -0.39 is 0 Å². The molecule has 1 fully saturated rings. The van der Waals surface area contributed by atoms with Crippen molar-refractivity contribution in [2.24, 2.45) is 11.7 Å². The molecule has 1 heterocycles. The highest BCUT2D eigenvalue weighted by Gasteiger charge is 2.26. The van der Waals surface area contributed by atoms with E-state index >= 15 is 0 Å². The number of ether oxygens (including phenoxy) is 1. The highest BCUT2D eigenvalue weighted by molar-refractivity contribution is 5.80. The standard InChI is InChI=1S/C12H24N2O2/c1-9(2)10(13)6-7-14(3)12(15)11-5-4-8-16-11/h9-11H,4-8,13H2,1-3H3/t10?,11-/m0/s1. The molecule has 2 atom stereocenters. The van der Waals surface area contributed by atoms with E-state index in [9.17, 15) is 4.79 Å². The predicted molar refractivity (Wildman–Crippen MR) is 64.0 cm³/mol. The van der Waals surface area contributed by atoms with Crippen molar-refractivity contribution in [3.05, 3.63) is 0 Å². The van der Waals surface area contributed by atoms with E-state index in [1.807, 2.05) is 7.05 Å². The second kappa shape index (κ2) is 6.21. The number of rotatable bonds is 5. The summed E-state index contributed by atoms with van der Waals surface area (Å²) >= 11 is 0. The van der Waals surface area contributed by atoms with Crippen molar-refractivity contribution in [2.45, 2.75) is 45.3 Å². The Morgan fingerprint density at radius 3 is 2.75 bits per heavy atom. The van der Waals surface area contributed by atoms with Crippen LogP contribution in [0.3, 0.4) is 0 Å². The third-order valence-corrected chi connectivity index (χ3v) is 3.24. The first-order valence-electron chi connectivity index (χ1n) is 6.14. The number of amides is 1. The molecule has 1 amide bonds. The summed E-state index contributed by atoms with van der Waals surface area (Å²) in [5, 5.41) is 0. The Hall–Kier alpha value is -0.610. The average molecular weight is 228 g/mol. The number of carbonyl (C=O) groups is 1. The van der Waals surface area contributed by atoms with Crippen LogP contribution in [0.1, 0.15) is 33.1 Å².